The molecule has 0 spiro atoms. The van der Waals surface area contributed by atoms with Crippen molar-refractivity contribution < 1.29 is 13.9 Å². The molecule has 0 unspecified atom stereocenters. The molecule has 0 bridgehead atoms. The molecule has 1 amide bonds. The van der Waals surface area contributed by atoms with E-state index in [1.807, 2.05) is 23.1 Å². The van der Waals surface area contributed by atoms with E-state index in [2.05, 4.69) is 48.2 Å². The van der Waals surface area contributed by atoms with Gasteiger partial charge in [0.25, 0.3) is 5.91 Å². The van der Waals surface area contributed by atoms with Gasteiger partial charge in [-0.05, 0) is 61.6 Å². The van der Waals surface area contributed by atoms with E-state index in [1.165, 1.54) is 9.60 Å². The molecule has 216 valence electrons. The zero-order valence-electron chi connectivity index (χ0n) is 23.2. The molecule has 0 radical (unpaired) electrons. The number of halogens is 2. The number of ether oxygens (including phenoxy) is 1. The van der Waals surface area contributed by atoms with Gasteiger partial charge in [-0.3, -0.25) is 4.79 Å². The number of hydrogen-bond donors (Lipinski definition) is 0. The third kappa shape index (κ3) is 5.40. The highest BCUT2D eigenvalue weighted by molar-refractivity contribution is 7.17. The van der Waals surface area contributed by atoms with Crippen LogP contribution in [0.25, 0.3) is 32.1 Å². The Balaban J connectivity index is 1.42. The summed E-state index contributed by atoms with van der Waals surface area (Å²) in [5.74, 6) is -1.22. The van der Waals surface area contributed by atoms with Gasteiger partial charge in [0.1, 0.15) is 12.4 Å². The number of piperazine rings is 1. The lowest BCUT2D eigenvalue weighted by Crippen LogP contribution is -2.55. The molecule has 4 aromatic rings. The van der Waals surface area contributed by atoms with Crippen molar-refractivity contribution in [1.29, 1.82) is 5.26 Å². The van der Waals surface area contributed by atoms with Crippen molar-refractivity contribution in [2.45, 2.75) is 31.3 Å². The number of hydrogen-bond acceptors (Lipinski definition) is 8. The molecule has 42 heavy (non-hydrogen) atoms. The second-order valence-electron chi connectivity index (χ2n) is 10.8. The molecule has 2 aliphatic rings. The highest BCUT2D eigenvalue weighted by Gasteiger charge is 2.33. The summed E-state index contributed by atoms with van der Waals surface area (Å²) in [5, 5.41) is 13.9. The number of likely N-dealkylation sites (N-methyl/N-ethyl adjacent to an activating group) is 1. The molecule has 2 saturated heterocycles. The van der Waals surface area contributed by atoms with Crippen LogP contribution in [0.2, 0.25) is 5.02 Å². The maximum Gasteiger partial charge on any atom is 0.319 e. The highest BCUT2D eigenvalue weighted by atomic mass is 35.5. The number of thiophene rings is 1. The molecule has 2 fully saturated rings. The molecular weight excluding hydrogens is 575 g/mol. The van der Waals surface area contributed by atoms with E-state index in [1.54, 1.807) is 11.3 Å². The Kier molecular flexibility index (Phi) is 7.99. The van der Waals surface area contributed by atoms with Crippen LogP contribution in [0.4, 0.5) is 10.2 Å². The van der Waals surface area contributed by atoms with Crippen LogP contribution in [-0.2, 0) is 4.79 Å². The van der Waals surface area contributed by atoms with Crippen LogP contribution in [0.5, 0.6) is 6.01 Å². The van der Waals surface area contributed by atoms with Gasteiger partial charge in [-0.2, -0.15) is 15.2 Å². The quantitative estimate of drug-likeness (QED) is 0.237. The lowest BCUT2D eigenvalue weighted by molar-refractivity contribution is -0.131. The summed E-state index contributed by atoms with van der Waals surface area (Å²) in [4.78, 5) is 27.8. The molecule has 0 N–H and O–H groups in total. The third-order valence-corrected chi connectivity index (χ3v) is 9.40. The molecule has 4 heterocycles. The summed E-state index contributed by atoms with van der Waals surface area (Å²) in [5.41, 5.74) is 2.55. The van der Waals surface area contributed by atoms with Crippen LogP contribution in [0, 0.1) is 11.3 Å². The lowest BCUT2D eigenvalue weighted by Gasteiger charge is -2.41. The molecule has 2 atom stereocenters. The second kappa shape index (κ2) is 11.8. The maximum absolute atomic E-state index is 13.8. The normalized spacial score (nSPS) is 19.4. The van der Waals surface area contributed by atoms with E-state index in [0.717, 1.165) is 41.3 Å². The number of fused-ring (bicyclic) bond motifs is 2. The molecule has 8 nitrogen and oxygen atoms in total. The Morgan fingerprint density at radius 3 is 2.81 bits per heavy atom. The van der Waals surface area contributed by atoms with Crippen LogP contribution < -0.4 is 9.64 Å². The Morgan fingerprint density at radius 2 is 2.05 bits per heavy atom. The zero-order valence-corrected chi connectivity index (χ0v) is 24.8. The smallest absolute Gasteiger partial charge is 0.319 e. The van der Waals surface area contributed by atoms with Gasteiger partial charge in [-0.15, -0.1) is 11.3 Å². The van der Waals surface area contributed by atoms with Crippen LogP contribution >= 0.6 is 22.9 Å². The Labute approximate surface area is 252 Å². The predicted octanol–water partition coefficient (Wildman–Crippen LogP) is 6.05. The first-order chi connectivity index (χ1) is 20.3. The number of anilines is 1. The number of likely N-dealkylation sites (tertiary alicyclic amines) is 1. The van der Waals surface area contributed by atoms with Crippen molar-refractivity contribution in [2.75, 3.05) is 44.7 Å². The number of nitriles is 1. The average molecular weight is 605 g/mol. The predicted molar refractivity (Wildman–Crippen MR) is 165 cm³/mol. The monoisotopic (exact) mass is 604 g/mol. The number of rotatable bonds is 7. The maximum atomic E-state index is 13.8. The van der Waals surface area contributed by atoms with E-state index < -0.39 is 17.8 Å². The van der Waals surface area contributed by atoms with Gasteiger partial charge in [0.05, 0.1) is 24.0 Å². The number of carbonyl (C=O) groups excluding carboxylic acids is 1. The molecule has 2 aliphatic heterocycles. The van der Waals surface area contributed by atoms with E-state index in [4.69, 9.17) is 26.3 Å². The summed E-state index contributed by atoms with van der Waals surface area (Å²) in [6.45, 7) is 5.54. The molecule has 2 aromatic carbocycles. The van der Waals surface area contributed by atoms with Gasteiger partial charge < -0.3 is 19.4 Å². The molecule has 11 heteroatoms. The van der Waals surface area contributed by atoms with Crippen molar-refractivity contribution in [1.82, 2.24) is 19.8 Å². The summed E-state index contributed by atoms with van der Waals surface area (Å²) < 4.78 is 21.1. The van der Waals surface area contributed by atoms with Gasteiger partial charge in [0.15, 0.2) is 5.83 Å². The Hall–Kier alpha value is -3.78. The number of aromatic nitrogens is 2. The number of benzene rings is 2. The van der Waals surface area contributed by atoms with Crippen molar-refractivity contribution >= 4 is 55.7 Å². The average Bonchev–Trinajstić information content (AvgIpc) is 3.64. The SMILES string of the molecule is C=C(F)C(=O)N1CCN(c2nc(OC[C@@H]3CCCN3C)nc3cc(-c4cccc5sccc45)c(Cl)cc23)C[C@@H]1CC#N. The van der Waals surface area contributed by atoms with Gasteiger partial charge in [-0.1, -0.05) is 30.3 Å². The topological polar surface area (TPSA) is 85.6 Å². The second-order valence-corrected chi connectivity index (χ2v) is 12.1. The lowest BCUT2D eigenvalue weighted by atomic mass is 10.00. The molecular formula is C31H30ClFN6O2S. The van der Waals surface area contributed by atoms with Gasteiger partial charge >= 0.3 is 6.01 Å². The van der Waals surface area contributed by atoms with Gasteiger partial charge in [-0.25, -0.2) is 4.39 Å². The largest absolute Gasteiger partial charge is 0.462 e. The first-order valence-electron chi connectivity index (χ1n) is 13.9. The fourth-order valence-electron chi connectivity index (χ4n) is 5.96. The van der Waals surface area contributed by atoms with Crippen LogP contribution in [0.15, 0.2) is 54.2 Å². The minimum atomic E-state index is -1.04. The van der Waals surface area contributed by atoms with E-state index in [0.29, 0.717) is 29.5 Å². The fourth-order valence-corrected chi connectivity index (χ4v) is 7.04. The zero-order chi connectivity index (χ0) is 29.4. The minimum absolute atomic E-state index is 0.0471. The van der Waals surface area contributed by atoms with Crippen LogP contribution in [-0.4, -0.2) is 77.6 Å². The standard InChI is InChI=1S/C31H30ClFN6O2S/c1-19(33)30(40)39-13-12-38(17-20(39)8-10-34)29-25-15-26(32)24(22-6-3-7-28-23(22)9-14-42-28)16-27(25)35-31(36-29)41-18-21-5-4-11-37(21)2/h3,6-7,9,14-16,20-21H,1,4-5,8,11-13,17-18H2,2H3/t20-,21-/m0/s1. The van der Waals surface area contributed by atoms with Crippen LogP contribution in [0.1, 0.15) is 19.3 Å². The molecule has 0 saturated carbocycles. The summed E-state index contributed by atoms with van der Waals surface area (Å²) in [6.07, 6.45) is 2.22. The third-order valence-electron chi connectivity index (χ3n) is 8.21. The van der Waals surface area contributed by atoms with Crippen LogP contribution in [0.3, 0.4) is 0 Å². The van der Waals surface area contributed by atoms with Crippen molar-refractivity contribution in [3.8, 4) is 23.2 Å². The first-order valence-corrected chi connectivity index (χ1v) is 15.2. The van der Waals surface area contributed by atoms with E-state index in [9.17, 15) is 14.4 Å². The molecule has 0 aliphatic carbocycles. The summed E-state index contributed by atoms with van der Waals surface area (Å²) >= 11 is 8.62. The fraction of sp³-hybridized carbons (Fsp3) is 0.355. The minimum Gasteiger partial charge on any atom is -0.462 e. The van der Waals surface area contributed by atoms with Crippen molar-refractivity contribution in [3.63, 3.8) is 0 Å². The van der Waals surface area contributed by atoms with Gasteiger partial charge in [0, 0.05) is 51.7 Å². The number of amides is 1. The Bertz CT molecular complexity index is 1720. The summed E-state index contributed by atoms with van der Waals surface area (Å²) in [6, 6.07) is 14.3. The Morgan fingerprint density at radius 1 is 1.19 bits per heavy atom. The highest BCUT2D eigenvalue weighted by Crippen LogP contribution is 2.40. The van der Waals surface area contributed by atoms with E-state index in [-0.39, 0.29) is 31.6 Å². The van der Waals surface area contributed by atoms with Crippen molar-refractivity contribution in [2.24, 2.45) is 0 Å². The number of carbonyl (C=O) groups is 1. The van der Waals surface area contributed by atoms with Crippen molar-refractivity contribution in [3.05, 3.63) is 59.2 Å². The first kappa shape index (κ1) is 28.3. The number of nitrogens with zero attached hydrogens (tertiary/aromatic N) is 6. The van der Waals surface area contributed by atoms with E-state index >= 15 is 0 Å². The molecule has 6 rings (SSSR count). The molecule has 2 aromatic heterocycles. The van der Waals surface area contributed by atoms with Gasteiger partial charge in [0.2, 0.25) is 0 Å². The summed E-state index contributed by atoms with van der Waals surface area (Å²) in [7, 11) is 2.09.